The van der Waals surface area contributed by atoms with Crippen molar-refractivity contribution in [3.05, 3.63) is 76.5 Å². The van der Waals surface area contributed by atoms with Crippen LogP contribution in [0.3, 0.4) is 0 Å². The van der Waals surface area contributed by atoms with Crippen molar-refractivity contribution in [3.63, 3.8) is 0 Å². The van der Waals surface area contributed by atoms with E-state index in [2.05, 4.69) is 85.1 Å². The molecule has 5 heteroatoms. The van der Waals surface area contributed by atoms with Gasteiger partial charge in [-0.25, -0.2) is 4.98 Å². The van der Waals surface area contributed by atoms with Gasteiger partial charge in [0.05, 0.1) is 5.54 Å². The van der Waals surface area contributed by atoms with Gasteiger partial charge in [-0.3, -0.25) is 4.79 Å². The Morgan fingerprint density at radius 1 is 1.03 bits per heavy atom. The van der Waals surface area contributed by atoms with E-state index in [1.54, 1.807) is 0 Å². The molecular formula is C25H24BrN3O. The average molecular weight is 462 g/mol. The highest BCUT2D eigenvalue weighted by atomic mass is 79.9. The monoisotopic (exact) mass is 461 g/mol. The van der Waals surface area contributed by atoms with E-state index in [0.717, 1.165) is 16.7 Å². The molecule has 3 aromatic rings. The highest BCUT2D eigenvalue weighted by Gasteiger charge is 2.47. The third kappa shape index (κ3) is 2.51. The van der Waals surface area contributed by atoms with Crippen LogP contribution in [0.4, 0.5) is 0 Å². The standard InChI is InChI=1S/C25H24BrN3O/c26-18-7-5-17(6-8-18)25(14-13-23(30)29-19-9-10-20(29)12-11-19)22-4-2-1-3-21(22)24-27-15-16-28(24)25/h1-8,15-16,19-20H,9-14H2/t19-,20+,25?. The highest BCUT2D eigenvalue weighted by molar-refractivity contribution is 9.10. The number of carbonyl (C=O) groups excluding carboxylic acids is 1. The lowest BCUT2D eigenvalue weighted by Gasteiger charge is -2.34. The Labute approximate surface area is 185 Å². The Morgan fingerprint density at radius 3 is 2.47 bits per heavy atom. The molecule has 3 aliphatic heterocycles. The molecule has 4 heterocycles. The lowest BCUT2D eigenvalue weighted by molar-refractivity contribution is -0.132. The van der Waals surface area contributed by atoms with Crippen molar-refractivity contribution in [2.24, 2.45) is 0 Å². The molecule has 0 radical (unpaired) electrons. The van der Waals surface area contributed by atoms with E-state index in [4.69, 9.17) is 0 Å². The Morgan fingerprint density at radius 2 is 1.73 bits per heavy atom. The number of carbonyl (C=O) groups is 1. The number of rotatable bonds is 4. The molecule has 1 atom stereocenters. The highest BCUT2D eigenvalue weighted by Crippen LogP contribution is 2.50. The third-order valence-electron chi connectivity index (χ3n) is 7.43. The predicted octanol–water partition coefficient (Wildman–Crippen LogP) is 5.35. The fourth-order valence-corrected chi connectivity index (χ4v) is 6.40. The topological polar surface area (TPSA) is 38.1 Å². The molecule has 2 fully saturated rings. The number of amides is 1. The zero-order valence-corrected chi connectivity index (χ0v) is 18.4. The summed E-state index contributed by atoms with van der Waals surface area (Å²) in [6, 6.07) is 18.0. The molecule has 0 saturated carbocycles. The molecule has 2 saturated heterocycles. The van der Waals surface area contributed by atoms with Crippen LogP contribution in [0.15, 0.2) is 65.4 Å². The summed E-state index contributed by atoms with van der Waals surface area (Å²) in [6.07, 6.45) is 9.97. The molecule has 0 N–H and O–H groups in total. The second-order valence-electron chi connectivity index (χ2n) is 8.80. The lowest BCUT2D eigenvalue weighted by atomic mass is 9.79. The molecule has 4 nitrogen and oxygen atoms in total. The van der Waals surface area contributed by atoms with E-state index in [1.807, 2.05) is 6.20 Å². The van der Waals surface area contributed by atoms with Crippen molar-refractivity contribution in [1.82, 2.24) is 14.5 Å². The summed E-state index contributed by atoms with van der Waals surface area (Å²) in [5, 5.41) is 0. The van der Waals surface area contributed by atoms with Crippen molar-refractivity contribution in [3.8, 4) is 11.4 Å². The van der Waals surface area contributed by atoms with Gasteiger partial charge in [0.2, 0.25) is 5.91 Å². The quantitative estimate of drug-likeness (QED) is 0.524. The van der Waals surface area contributed by atoms with Crippen LogP contribution in [0.2, 0.25) is 0 Å². The zero-order chi connectivity index (χ0) is 20.3. The molecule has 2 bridgehead atoms. The van der Waals surface area contributed by atoms with Crippen LogP contribution in [0.25, 0.3) is 11.4 Å². The Bertz CT molecular complexity index is 1100. The molecule has 3 aliphatic rings. The minimum absolute atomic E-state index is 0.322. The van der Waals surface area contributed by atoms with Gasteiger partial charge in [-0.05, 0) is 55.4 Å². The summed E-state index contributed by atoms with van der Waals surface area (Å²) in [7, 11) is 0. The van der Waals surface area contributed by atoms with Crippen molar-refractivity contribution < 1.29 is 4.79 Å². The van der Waals surface area contributed by atoms with Crippen LogP contribution in [-0.4, -0.2) is 32.4 Å². The van der Waals surface area contributed by atoms with Gasteiger partial charge >= 0.3 is 0 Å². The van der Waals surface area contributed by atoms with E-state index in [9.17, 15) is 4.79 Å². The normalized spacial score (nSPS) is 26.1. The maximum absolute atomic E-state index is 13.3. The van der Waals surface area contributed by atoms with Gasteiger partial charge in [-0.1, -0.05) is 52.3 Å². The van der Waals surface area contributed by atoms with Gasteiger partial charge in [0.15, 0.2) is 0 Å². The molecule has 2 aromatic carbocycles. The number of hydrogen-bond donors (Lipinski definition) is 0. The summed E-state index contributed by atoms with van der Waals surface area (Å²) in [4.78, 5) is 20.2. The van der Waals surface area contributed by atoms with Crippen LogP contribution < -0.4 is 0 Å². The molecule has 30 heavy (non-hydrogen) atoms. The maximum Gasteiger partial charge on any atom is 0.223 e. The van der Waals surface area contributed by atoms with E-state index in [-0.39, 0.29) is 0 Å². The van der Waals surface area contributed by atoms with Crippen LogP contribution in [-0.2, 0) is 10.3 Å². The minimum atomic E-state index is -0.405. The van der Waals surface area contributed by atoms with Crippen LogP contribution in [0.5, 0.6) is 0 Å². The fraction of sp³-hybridized carbons (Fsp3) is 0.360. The number of imidazole rings is 1. The largest absolute Gasteiger partial charge is 0.337 e. The fourth-order valence-electron chi connectivity index (χ4n) is 6.14. The van der Waals surface area contributed by atoms with Crippen molar-refractivity contribution >= 4 is 21.8 Å². The average Bonchev–Trinajstić information content (AvgIpc) is 3.54. The van der Waals surface area contributed by atoms with Crippen LogP contribution in [0, 0.1) is 0 Å². The van der Waals surface area contributed by atoms with Crippen molar-refractivity contribution in [2.45, 2.75) is 56.1 Å². The summed E-state index contributed by atoms with van der Waals surface area (Å²) >= 11 is 3.57. The zero-order valence-electron chi connectivity index (χ0n) is 16.8. The molecule has 1 unspecified atom stereocenters. The lowest BCUT2D eigenvalue weighted by Crippen LogP contribution is -2.38. The molecule has 152 valence electrons. The molecule has 0 spiro atoms. The Balaban J connectivity index is 1.44. The first-order valence-corrected chi connectivity index (χ1v) is 11.7. The molecule has 0 aliphatic carbocycles. The molecule has 1 aromatic heterocycles. The van der Waals surface area contributed by atoms with Gasteiger partial charge in [0.25, 0.3) is 0 Å². The number of fused-ring (bicyclic) bond motifs is 5. The summed E-state index contributed by atoms with van der Waals surface area (Å²) < 4.78 is 3.34. The van der Waals surface area contributed by atoms with Gasteiger partial charge in [-0.15, -0.1) is 0 Å². The van der Waals surface area contributed by atoms with Crippen LogP contribution >= 0.6 is 15.9 Å². The third-order valence-corrected chi connectivity index (χ3v) is 7.96. The first kappa shape index (κ1) is 18.4. The smallest absolute Gasteiger partial charge is 0.223 e. The number of halogens is 1. The first-order valence-electron chi connectivity index (χ1n) is 10.9. The first-order chi connectivity index (χ1) is 14.7. The Hall–Kier alpha value is -2.40. The summed E-state index contributed by atoms with van der Waals surface area (Å²) in [5.74, 6) is 1.31. The summed E-state index contributed by atoms with van der Waals surface area (Å²) in [6.45, 7) is 0. The van der Waals surface area contributed by atoms with E-state index >= 15 is 0 Å². The minimum Gasteiger partial charge on any atom is -0.337 e. The van der Waals surface area contributed by atoms with Crippen LogP contribution in [0.1, 0.15) is 49.7 Å². The van der Waals surface area contributed by atoms with Gasteiger partial charge in [0.1, 0.15) is 5.82 Å². The van der Waals surface area contributed by atoms with E-state index in [1.165, 1.54) is 42.4 Å². The van der Waals surface area contributed by atoms with E-state index < -0.39 is 5.54 Å². The second kappa shape index (κ2) is 6.81. The van der Waals surface area contributed by atoms with Gasteiger partial charge in [-0.2, -0.15) is 0 Å². The number of nitrogens with zero attached hydrogens (tertiary/aromatic N) is 3. The van der Waals surface area contributed by atoms with Gasteiger partial charge in [0, 0.05) is 40.9 Å². The van der Waals surface area contributed by atoms with E-state index in [0.29, 0.717) is 24.4 Å². The van der Waals surface area contributed by atoms with Crippen molar-refractivity contribution in [2.75, 3.05) is 0 Å². The summed E-state index contributed by atoms with van der Waals surface area (Å²) in [5.41, 5.74) is 3.20. The molecular weight excluding hydrogens is 438 g/mol. The maximum atomic E-state index is 13.3. The number of hydrogen-bond acceptors (Lipinski definition) is 2. The van der Waals surface area contributed by atoms with Crippen molar-refractivity contribution in [1.29, 1.82) is 0 Å². The molecule has 6 rings (SSSR count). The van der Waals surface area contributed by atoms with Gasteiger partial charge < -0.3 is 9.47 Å². The second-order valence-corrected chi connectivity index (χ2v) is 9.71. The molecule has 1 amide bonds. The Kier molecular flexibility index (Phi) is 4.17. The predicted molar refractivity (Wildman–Crippen MR) is 120 cm³/mol. The number of benzene rings is 2. The number of aromatic nitrogens is 2. The SMILES string of the molecule is O=C(CCC1(c2ccc(Br)cc2)c2ccccc2-c2nccn21)N1[C@H]2CC[C@@H]1CC2.